The van der Waals surface area contributed by atoms with E-state index >= 15 is 0 Å². The first kappa shape index (κ1) is 25.4. The van der Waals surface area contributed by atoms with Crippen LogP contribution in [0.25, 0.3) is 0 Å². The largest absolute Gasteiger partial charge is 0.377 e. The van der Waals surface area contributed by atoms with Gasteiger partial charge < -0.3 is 15.4 Å². The first-order valence-corrected chi connectivity index (χ1v) is 14.4. The Kier molecular flexibility index (Phi) is 7.60. The number of fused-ring (bicyclic) bond motifs is 1. The topological polar surface area (TPSA) is 87.7 Å². The number of amides is 2. The molecule has 2 atom stereocenters. The fourth-order valence-corrected chi connectivity index (χ4v) is 6.39. The zero-order valence-electron chi connectivity index (χ0n) is 21.0. The number of anilines is 1. The fraction of sp³-hybridized carbons (Fsp3) is 0.345. The maximum absolute atomic E-state index is 13.1. The van der Waals surface area contributed by atoms with E-state index in [1.807, 2.05) is 49.4 Å². The van der Waals surface area contributed by atoms with Gasteiger partial charge in [-0.1, -0.05) is 48.5 Å². The van der Waals surface area contributed by atoms with Crippen LogP contribution in [0.15, 0.2) is 77.7 Å². The smallest absolute Gasteiger partial charge is 0.319 e. The molecule has 8 heteroatoms. The molecule has 2 N–H and O–H groups in total. The van der Waals surface area contributed by atoms with Gasteiger partial charge in [0, 0.05) is 31.9 Å². The van der Waals surface area contributed by atoms with Gasteiger partial charge in [-0.3, -0.25) is 4.90 Å². The molecular weight excluding hydrogens is 486 g/mol. The van der Waals surface area contributed by atoms with Gasteiger partial charge in [-0.2, -0.15) is 0 Å². The highest BCUT2D eigenvalue weighted by atomic mass is 32.2. The molecule has 0 bridgehead atoms. The van der Waals surface area contributed by atoms with Crippen LogP contribution in [-0.4, -0.2) is 38.6 Å². The van der Waals surface area contributed by atoms with Gasteiger partial charge >= 0.3 is 6.03 Å². The fourth-order valence-electron chi connectivity index (χ4n) is 5.05. The van der Waals surface area contributed by atoms with Gasteiger partial charge in [0.2, 0.25) is 0 Å². The molecule has 7 nitrogen and oxygen atoms in total. The van der Waals surface area contributed by atoms with E-state index in [0.717, 1.165) is 50.2 Å². The molecule has 0 spiro atoms. The third-order valence-electron chi connectivity index (χ3n) is 7.02. The number of rotatable bonds is 8. The van der Waals surface area contributed by atoms with Crippen molar-refractivity contribution in [3.8, 4) is 0 Å². The van der Waals surface area contributed by atoms with Crippen molar-refractivity contribution in [3.63, 3.8) is 0 Å². The number of urea groups is 1. The Balaban J connectivity index is 1.17. The molecule has 0 aliphatic carbocycles. The Hall–Kier alpha value is -3.20. The first-order chi connectivity index (χ1) is 17.9. The number of hydrogen-bond donors (Lipinski definition) is 2. The number of ether oxygens (including phenoxy) is 1. The van der Waals surface area contributed by atoms with E-state index in [1.54, 1.807) is 24.3 Å². The summed E-state index contributed by atoms with van der Waals surface area (Å²) in [5.41, 5.74) is 4.77. The van der Waals surface area contributed by atoms with E-state index in [0.29, 0.717) is 11.8 Å². The lowest BCUT2D eigenvalue weighted by Gasteiger charge is -2.18. The zero-order chi connectivity index (χ0) is 25.8. The zero-order valence-corrected chi connectivity index (χ0v) is 21.8. The van der Waals surface area contributed by atoms with Crippen molar-refractivity contribution in [2.45, 2.75) is 55.6 Å². The quantitative estimate of drug-likeness (QED) is 0.436. The second-order valence-electron chi connectivity index (χ2n) is 9.92. The van der Waals surface area contributed by atoms with Gasteiger partial charge in [0.05, 0.1) is 22.8 Å². The third-order valence-corrected chi connectivity index (χ3v) is 8.72. The summed E-state index contributed by atoms with van der Waals surface area (Å²) in [7, 11) is -3.53. The van der Waals surface area contributed by atoms with E-state index in [2.05, 4.69) is 21.6 Å². The summed E-state index contributed by atoms with van der Waals surface area (Å²) >= 11 is 0. The Morgan fingerprint density at radius 2 is 1.78 bits per heavy atom. The van der Waals surface area contributed by atoms with Crippen molar-refractivity contribution in [1.29, 1.82) is 0 Å². The summed E-state index contributed by atoms with van der Waals surface area (Å²) in [4.78, 5) is 15.0. The summed E-state index contributed by atoms with van der Waals surface area (Å²) in [5.74, 6) is -0.0616. The Bertz CT molecular complexity index is 1340. The van der Waals surface area contributed by atoms with Gasteiger partial charge in [-0.05, 0) is 66.3 Å². The normalized spacial score (nSPS) is 18.4. The molecular formula is C29H33N3O4S. The van der Waals surface area contributed by atoms with Gasteiger partial charge in [-0.15, -0.1) is 0 Å². The predicted molar refractivity (Wildman–Crippen MR) is 144 cm³/mol. The average Bonchev–Trinajstić information content (AvgIpc) is 3.54. The molecule has 3 aromatic rings. The lowest BCUT2D eigenvalue weighted by molar-refractivity contribution is 0.0723. The number of benzene rings is 3. The number of carbonyl (C=O) groups excluding carboxylic acids is 1. The van der Waals surface area contributed by atoms with Crippen LogP contribution in [0.5, 0.6) is 0 Å². The molecule has 1 fully saturated rings. The molecule has 1 saturated heterocycles. The maximum atomic E-state index is 13.1. The van der Waals surface area contributed by atoms with Crippen LogP contribution in [0, 0.1) is 0 Å². The van der Waals surface area contributed by atoms with Crippen molar-refractivity contribution in [3.05, 3.63) is 95.1 Å². The highest BCUT2D eigenvalue weighted by Gasteiger charge is 2.25. The van der Waals surface area contributed by atoms with Crippen LogP contribution in [0.3, 0.4) is 0 Å². The minimum atomic E-state index is -3.53. The van der Waals surface area contributed by atoms with Crippen molar-refractivity contribution in [2.75, 3.05) is 18.5 Å². The van der Waals surface area contributed by atoms with E-state index < -0.39 is 9.84 Å². The SMILES string of the molecule is CC(NC(=O)Nc1ccc(S(=O)(=O)Cc2ccc3c(c2)CN(CC2CCCO2)C3)cc1)c1ccccc1. The number of nitrogens with zero attached hydrogens (tertiary/aromatic N) is 1. The maximum Gasteiger partial charge on any atom is 0.319 e. The second kappa shape index (κ2) is 11.0. The first-order valence-electron chi connectivity index (χ1n) is 12.8. The Morgan fingerprint density at radius 3 is 2.51 bits per heavy atom. The minimum Gasteiger partial charge on any atom is -0.377 e. The molecule has 2 heterocycles. The molecule has 2 aliphatic heterocycles. The number of carbonyl (C=O) groups is 1. The van der Waals surface area contributed by atoms with Crippen LogP contribution in [0.4, 0.5) is 10.5 Å². The second-order valence-corrected chi connectivity index (χ2v) is 11.9. The van der Waals surface area contributed by atoms with Gasteiger partial charge in [-0.25, -0.2) is 13.2 Å². The molecule has 5 rings (SSSR count). The average molecular weight is 520 g/mol. The molecule has 194 valence electrons. The highest BCUT2D eigenvalue weighted by molar-refractivity contribution is 7.90. The number of nitrogens with one attached hydrogen (secondary N) is 2. The van der Waals surface area contributed by atoms with E-state index in [4.69, 9.17) is 4.74 Å². The molecule has 2 amide bonds. The summed E-state index contributed by atoms with van der Waals surface area (Å²) in [6, 6.07) is 21.5. The Labute approximate surface area is 218 Å². The van der Waals surface area contributed by atoms with E-state index in [9.17, 15) is 13.2 Å². The third kappa shape index (κ3) is 6.39. The number of sulfone groups is 1. The summed E-state index contributed by atoms with van der Waals surface area (Å²) < 4.78 is 32.0. The van der Waals surface area contributed by atoms with Crippen LogP contribution in [0.1, 0.15) is 48.1 Å². The van der Waals surface area contributed by atoms with Crippen LogP contribution >= 0.6 is 0 Å². The van der Waals surface area contributed by atoms with Crippen LogP contribution < -0.4 is 10.6 Å². The van der Waals surface area contributed by atoms with Crippen molar-refractivity contribution < 1.29 is 17.9 Å². The molecule has 0 saturated carbocycles. The summed E-state index contributed by atoms with van der Waals surface area (Å²) in [5, 5.41) is 5.66. The minimum absolute atomic E-state index is 0.0616. The monoisotopic (exact) mass is 519 g/mol. The van der Waals surface area contributed by atoms with Crippen molar-refractivity contribution in [2.24, 2.45) is 0 Å². The van der Waals surface area contributed by atoms with Crippen molar-refractivity contribution >= 4 is 21.6 Å². The molecule has 2 aliphatic rings. The summed E-state index contributed by atoms with van der Waals surface area (Å²) in [6.45, 7) is 5.39. The van der Waals surface area contributed by atoms with Crippen LogP contribution in [-0.2, 0) is 33.4 Å². The van der Waals surface area contributed by atoms with Gasteiger partial charge in [0.1, 0.15) is 0 Å². The molecule has 0 aromatic heterocycles. The molecule has 0 radical (unpaired) electrons. The van der Waals surface area contributed by atoms with Gasteiger partial charge in [0.25, 0.3) is 0 Å². The summed E-state index contributed by atoms with van der Waals surface area (Å²) in [6.07, 6.45) is 2.55. The number of hydrogen-bond acceptors (Lipinski definition) is 5. The molecule has 3 aromatic carbocycles. The van der Waals surface area contributed by atoms with E-state index in [1.165, 1.54) is 11.1 Å². The van der Waals surface area contributed by atoms with Crippen LogP contribution in [0.2, 0.25) is 0 Å². The standard InChI is InChI=1S/C29H33N3O4S/c1-21(23-6-3-2-4-7-23)30-29(33)31-26-11-13-28(14-12-26)37(34,35)20-22-9-10-24-17-32(18-25(24)16-22)19-27-8-5-15-36-27/h2-4,6-7,9-14,16,21,27H,5,8,15,17-20H2,1H3,(H2,30,31,33). The van der Waals surface area contributed by atoms with Gasteiger partial charge in [0.15, 0.2) is 9.84 Å². The highest BCUT2D eigenvalue weighted by Crippen LogP contribution is 2.27. The lowest BCUT2D eigenvalue weighted by Crippen LogP contribution is -2.31. The lowest BCUT2D eigenvalue weighted by atomic mass is 10.1. The molecule has 2 unspecified atom stereocenters. The molecule has 37 heavy (non-hydrogen) atoms. The Morgan fingerprint density at radius 1 is 1.03 bits per heavy atom. The van der Waals surface area contributed by atoms with Crippen molar-refractivity contribution in [1.82, 2.24) is 10.2 Å². The predicted octanol–water partition coefficient (Wildman–Crippen LogP) is 5.04. The van der Waals surface area contributed by atoms with E-state index in [-0.39, 0.29) is 22.7 Å².